The molecule has 1 aliphatic carbocycles. The molecule has 0 amide bonds. The van der Waals surface area contributed by atoms with Crippen LogP contribution < -0.4 is 0 Å². The monoisotopic (exact) mass is 258 g/mol. The van der Waals surface area contributed by atoms with Gasteiger partial charge in [-0.15, -0.1) is 0 Å². The lowest BCUT2D eigenvalue weighted by Crippen LogP contribution is -2.03. The third-order valence-electron chi connectivity index (χ3n) is 2.98. The minimum absolute atomic E-state index is 0.442. The Labute approximate surface area is 92.4 Å². The van der Waals surface area contributed by atoms with Gasteiger partial charge in [0.15, 0.2) is 0 Å². The average Bonchev–Trinajstić information content (AvgIpc) is 2.75. The minimum atomic E-state index is -0.442. The maximum absolute atomic E-state index is 9.93. The van der Waals surface area contributed by atoms with Crippen LogP contribution in [0.4, 0.5) is 0 Å². The molecule has 3 heteroatoms. The fraction of sp³-hybridized carbons (Fsp3) is 0.636. The van der Waals surface area contributed by atoms with Crippen LogP contribution in [0.1, 0.15) is 44.0 Å². The van der Waals surface area contributed by atoms with E-state index in [0.29, 0.717) is 11.7 Å². The Morgan fingerprint density at radius 3 is 2.79 bits per heavy atom. The van der Waals surface area contributed by atoms with Gasteiger partial charge in [-0.05, 0) is 34.3 Å². The highest BCUT2D eigenvalue weighted by Crippen LogP contribution is 2.35. The molecule has 78 valence electrons. The lowest BCUT2D eigenvalue weighted by molar-refractivity contribution is 0.119. The quantitative estimate of drug-likeness (QED) is 0.898. The Morgan fingerprint density at radius 2 is 2.21 bits per heavy atom. The third-order valence-corrected chi connectivity index (χ3v) is 3.63. The van der Waals surface area contributed by atoms with Crippen LogP contribution in [0.2, 0.25) is 0 Å². The molecule has 0 aliphatic heterocycles. The lowest BCUT2D eigenvalue weighted by atomic mass is 9.99. The van der Waals surface area contributed by atoms with E-state index in [4.69, 9.17) is 4.42 Å². The van der Waals surface area contributed by atoms with Crippen LogP contribution in [0.3, 0.4) is 0 Å². The molecule has 1 unspecified atom stereocenters. The average molecular weight is 259 g/mol. The van der Waals surface area contributed by atoms with E-state index in [0.717, 1.165) is 10.9 Å². The molecule has 0 spiro atoms. The molecule has 1 fully saturated rings. The van der Waals surface area contributed by atoms with E-state index in [1.807, 2.05) is 6.07 Å². The zero-order valence-corrected chi connectivity index (χ0v) is 9.66. The summed E-state index contributed by atoms with van der Waals surface area (Å²) in [6.07, 6.45) is 7.16. The predicted octanol–water partition coefficient (Wildman–Crippen LogP) is 3.66. The van der Waals surface area contributed by atoms with Crippen molar-refractivity contribution in [1.29, 1.82) is 0 Å². The SMILES string of the molecule is OC(CC1CCCC1)c1occc1Br. The number of rotatable bonds is 3. The molecule has 1 saturated carbocycles. The number of halogens is 1. The Balaban J connectivity index is 1.95. The normalized spacial score (nSPS) is 20.1. The topological polar surface area (TPSA) is 33.4 Å². The van der Waals surface area contributed by atoms with Crippen molar-refractivity contribution in [3.8, 4) is 0 Å². The highest BCUT2D eigenvalue weighted by atomic mass is 79.9. The molecular formula is C11H15BrO2. The van der Waals surface area contributed by atoms with Crippen molar-refractivity contribution in [1.82, 2.24) is 0 Å². The molecule has 0 saturated heterocycles. The maximum atomic E-state index is 9.93. The molecule has 2 nitrogen and oxygen atoms in total. The van der Waals surface area contributed by atoms with Gasteiger partial charge in [0.1, 0.15) is 11.9 Å². The summed E-state index contributed by atoms with van der Waals surface area (Å²) in [6.45, 7) is 0. The molecule has 2 rings (SSSR count). The standard InChI is InChI=1S/C11H15BrO2/c12-9-5-6-14-11(9)10(13)7-8-3-1-2-4-8/h5-6,8,10,13H,1-4,7H2. The van der Waals surface area contributed by atoms with E-state index >= 15 is 0 Å². The summed E-state index contributed by atoms with van der Waals surface area (Å²) in [5.41, 5.74) is 0. The van der Waals surface area contributed by atoms with Gasteiger partial charge in [0, 0.05) is 0 Å². The zero-order chi connectivity index (χ0) is 9.97. The van der Waals surface area contributed by atoms with Crippen molar-refractivity contribution in [2.24, 2.45) is 5.92 Å². The molecule has 0 bridgehead atoms. The van der Waals surface area contributed by atoms with Gasteiger partial charge in [-0.3, -0.25) is 0 Å². The first-order chi connectivity index (χ1) is 6.77. The van der Waals surface area contributed by atoms with Crippen LogP contribution in [0.5, 0.6) is 0 Å². The van der Waals surface area contributed by atoms with E-state index in [1.54, 1.807) is 6.26 Å². The second kappa shape index (κ2) is 4.49. The Bertz CT molecular complexity index is 289. The van der Waals surface area contributed by atoms with Crippen molar-refractivity contribution in [3.63, 3.8) is 0 Å². The van der Waals surface area contributed by atoms with Crippen LogP contribution in [0, 0.1) is 5.92 Å². The van der Waals surface area contributed by atoms with Gasteiger partial charge in [0.25, 0.3) is 0 Å². The fourth-order valence-electron chi connectivity index (χ4n) is 2.21. The molecule has 1 atom stereocenters. The first-order valence-corrected chi connectivity index (χ1v) is 5.97. The van der Waals surface area contributed by atoms with Gasteiger partial charge < -0.3 is 9.52 Å². The fourth-order valence-corrected chi connectivity index (χ4v) is 2.68. The first kappa shape index (κ1) is 10.2. The van der Waals surface area contributed by atoms with Crippen molar-refractivity contribution >= 4 is 15.9 Å². The van der Waals surface area contributed by atoms with E-state index in [-0.39, 0.29) is 0 Å². The highest BCUT2D eigenvalue weighted by molar-refractivity contribution is 9.10. The summed E-state index contributed by atoms with van der Waals surface area (Å²) in [6, 6.07) is 1.83. The summed E-state index contributed by atoms with van der Waals surface area (Å²) in [5, 5.41) is 9.93. The third kappa shape index (κ3) is 2.20. The maximum Gasteiger partial charge on any atom is 0.146 e. The Hall–Kier alpha value is -0.280. The van der Waals surface area contributed by atoms with E-state index < -0.39 is 6.10 Å². The number of furan rings is 1. The lowest BCUT2D eigenvalue weighted by Gasteiger charge is -2.13. The minimum Gasteiger partial charge on any atom is -0.465 e. The molecule has 0 aromatic carbocycles. The summed E-state index contributed by atoms with van der Waals surface area (Å²) in [5.74, 6) is 1.36. The van der Waals surface area contributed by atoms with Gasteiger partial charge in [-0.2, -0.15) is 0 Å². The van der Waals surface area contributed by atoms with Crippen molar-refractivity contribution < 1.29 is 9.52 Å². The van der Waals surface area contributed by atoms with Gasteiger partial charge in [-0.25, -0.2) is 0 Å². The van der Waals surface area contributed by atoms with Crippen LogP contribution in [-0.2, 0) is 0 Å². The van der Waals surface area contributed by atoms with Crippen LogP contribution >= 0.6 is 15.9 Å². The van der Waals surface area contributed by atoms with Gasteiger partial charge in [-0.1, -0.05) is 25.7 Å². The van der Waals surface area contributed by atoms with E-state index in [9.17, 15) is 5.11 Å². The second-order valence-electron chi connectivity index (χ2n) is 4.03. The highest BCUT2D eigenvalue weighted by Gasteiger charge is 2.22. The van der Waals surface area contributed by atoms with Gasteiger partial charge >= 0.3 is 0 Å². The van der Waals surface area contributed by atoms with Crippen LogP contribution in [-0.4, -0.2) is 5.11 Å². The number of aliphatic hydroxyl groups is 1. The Morgan fingerprint density at radius 1 is 1.50 bits per heavy atom. The summed E-state index contributed by atoms with van der Waals surface area (Å²) < 4.78 is 6.12. The molecule has 1 N–H and O–H groups in total. The Kier molecular flexibility index (Phi) is 3.29. The molecule has 1 heterocycles. The number of hydrogen-bond acceptors (Lipinski definition) is 2. The number of hydrogen-bond donors (Lipinski definition) is 1. The van der Waals surface area contributed by atoms with Crippen molar-refractivity contribution in [2.75, 3.05) is 0 Å². The summed E-state index contributed by atoms with van der Waals surface area (Å²) in [4.78, 5) is 0. The molecule has 1 aromatic heterocycles. The zero-order valence-electron chi connectivity index (χ0n) is 8.08. The molecule has 0 radical (unpaired) electrons. The van der Waals surface area contributed by atoms with E-state index in [1.165, 1.54) is 25.7 Å². The van der Waals surface area contributed by atoms with Crippen LogP contribution in [0.25, 0.3) is 0 Å². The predicted molar refractivity (Wildman–Crippen MR) is 57.9 cm³/mol. The van der Waals surface area contributed by atoms with Crippen LogP contribution in [0.15, 0.2) is 21.2 Å². The van der Waals surface area contributed by atoms with E-state index in [2.05, 4.69) is 15.9 Å². The largest absolute Gasteiger partial charge is 0.465 e. The first-order valence-electron chi connectivity index (χ1n) is 5.18. The molecule has 1 aromatic rings. The summed E-state index contributed by atoms with van der Waals surface area (Å²) >= 11 is 3.36. The summed E-state index contributed by atoms with van der Waals surface area (Å²) in [7, 11) is 0. The van der Waals surface area contributed by atoms with Gasteiger partial charge in [0.2, 0.25) is 0 Å². The second-order valence-corrected chi connectivity index (χ2v) is 4.89. The molecule has 1 aliphatic rings. The smallest absolute Gasteiger partial charge is 0.146 e. The van der Waals surface area contributed by atoms with Gasteiger partial charge in [0.05, 0.1) is 10.7 Å². The van der Waals surface area contributed by atoms with Crippen molar-refractivity contribution in [2.45, 2.75) is 38.2 Å². The number of aliphatic hydroxyl groups excluding tert-OH is 1. The molecule has 14 heavy (non-hydrogen) atoms. The molecular weight excluding hydrogens is 244 g/mol. The van der Waals surface area contributed by atoms with Crippen molar-refractivity contribution in [3.05, 3.63) is 22.6 Å².